The van der Waals surface area contributed by atoms with Crippen LogP contribution < -0.4 is 10.6 Å². The van der Waals surface area contributed by atoms with Gasteiger partial charge in [-0.3, -0.25) is 4.79 Å². The fourth-order valence-corrected chi connectivity index (χ4v) is 2.22. The molecule has 0 fully saturated rings. The topological polar surface area (TPSA) is 67.4 Å². The molecule has 2 aromatic carbocycles. The standard InChI is InChI=1S/C20H22N2O3/c1-14-9-10-15(2)17(11-14)22-18(12-19(23)25-3)20(24)21-13-16-7-5-4-6-8-16/h4-12,22H,13H2,1-3H3,(H,21,24)/b18-12-. The van der Waals surface area contributed by atoms with E-state index in [1.807, 2.05) is 62.4 Å². The molecule has 0 aliphatic heterocycles. The number of esters is 1. The molecular formula is C20H22N2O3. The van der Waals surface area contributed by atoms with Gasteiger partial charge in [0.05, 0.1) is 13.2 Å². The van der Waals surface area contributed by atoms with E-state index in [2.05, 4.69) is 15.4 Å². The Morgan fingerprint density at radius 1 is 1.08 bits per heavy atom. The molecule has 0 heterocycles. The average Bonchev–Trinajstić information content (AvgIpc) is 2.62. The summed E-state index contributed by atoms with van der Waals surface area (Å²) in [5.41, 5.74) is 3.90. The maximum Gasteiger partial charge on any atom is 0.332 e. The van der Waals surface area contributed by atoms with Crippen molar-refractivity contribution in [1.29, 1.82) is 0 Å². The number of ether oxygens (including phenoxy) is 1. The summed E-state index contributed by atoms with van der Waals surface area (Å²) in [6, 6.07) is 15.4. The predicted molar refractivity (Wildman–Crippen MR) is 97.9 cm³/mol. The van der Waals surface area contributed by atoms with Crippen molar-refractivity contribution >= 4 is 17.6 Å². The van der Waals surface area contributed by atoms with E-state index in [1.165, 1.54) is 7.11 Å². The van der Waals surface area contributed by atoms with Crippen molar-refractivity contribution in [2.24, 2.45) is 0 Å². The Morgan fingerprint density at radius 2 is 1.80 bits per heavy atom. The summed E-state index contributed by atoms with van der Waals surface area (Å²) in [6.07, 6.45) is 1.15. The highest BCUT2D eigenvalue weighted by molar-refractivity contribution is 6.01. The van der Waals surface area contributed by atoms with Crippen LogP contribution in [0.2, 0.25) is 0 Å². The Kier molecular flexibility index (Phi) is 6.34. The van der Waals surface area contributed by atoms with E-state index >= 15 is 0 Å². The number of hydrogen-bond donors (Lipinski definition) is 2. The number of amides is 1. The molecular weight excluding hydrogens is 316 g/mol. The summed E-state index contributed by atoms with van der Waals surface area (Å²) in [4.78, 5) is 24.1. The number of carbonyl (C=O) groups excluding carboxylic acids is 2. The lowest BCUT2D eigenvalue weighted by Gasteiger charge is -2.14. The molecule has 0 aromatic heterocycles. The molecule has 2 rings (SSSR count). The largest absolute Gasteiger partial charge is 0.466 e. The second-order valence-corrected chi connectivity index (χ2v) is 5.69. The highest BCUT2D eigenvalue weighted by atomic mass is 16.5. The van der Waals surface area contributed by atoms with Gasteiger partial charge in [-0.15, -0.1) is 0 Å². The minimum absolute atomic E-state index is 0.136. The molecule has 2 N–H and O–H groups in total. The van der Waals surface area contributed by atoms with E-state index in [1.54, 1.807) is 0 Å². The van der Waals surface area contributed by atoms with E-state index in [4.69, 9.17) is 0 Å². The molecule has 5 nitrogen and oxygen atoms in total. The predicted octanol–water partition coefficient (Wildman–Crippen LogP) is 3.09. The molecule has 5 heteroatoms. The lowest BCUT2D eigenvalue weighted by atomic mass is 10.1. The molecule has 130 valence electrons. The average molecular weight is 338 g/mol. The van der Waals surface area contributed by atoms with Gasteiger partial charge in [0, 0.05) is 12.2 Å². The smallest absolute Gasteiger partial charge is 0.332 e. The summed E-state index contributed by atoms with van der Waals surface area (Å²) in [5.74, 6) is -0.974. The summed E-state index contributed by atoms with van der Waals surface area (Å²) in [7, 11) is 1.27. The highest BCUT2D eigenvalue weighted by Gasteiger charge is 2.13. The number of methoxy groups -OCH3 is 1. The minimum Gasteiger partial charge on any atom is -0.466 e. The zero-order chi connectivity index (χ0) is 18.2. The van der Waals surface area contributed by atoms with Gasteiger partial charge in [0.1, 0.15) is 5.70 Å². The van der Waals surface area contributed by atoms with Crippen LogP contribution in [-0.2, 0) is 20.9 Å². The number of anilines is 1. The van der Waals surface area contributed by atoms with Crippen LogP contribution in [0, 0.1) is 13.8 Å². The SMILES string of the molecule is COC(=O)/C=C(\Nc1cc(C)ccc1C)C(=O)NCc1ccccc1. The van der Waals surface area contributed by atoms with Crippen LogP contribution in [0.4, 0.5) is 5.69 Å². The monoisotopic (exact) mass is 338 g/mol. The third-order valence-electron chi connectivity index (χ3n) is 3.67. The van der Waals surface area contributed by atoms with Gasteiger partial charge >= 0.3 is 5.97 Å². The summed E-state index contributed by atoms with van der Waals surface area (Å²) in [6.45, 7) is 4.26. The van der Waals surface area contributed by atoms with Gasteiger partial charge < -0.3 is 15.4 Å². The van der Waals surface area contributed by atoms with Crippen molar-refractivity contribution < 1.29 is 14.3 Å². The van der Waals surface area contributed by atoms with E-state index < -0.39 is 5.97 Å². The van der Waals surface area contributed by atoms with Crippen molar-refractivity contribution in [3.05, 3.63) is 77.0 Å². The molecule has 0 saturated carbocycles. The molecule has 0 saturated heterocycles. The van der Waals surface area contributed by atoms with Crippen molar-refractivity contribution in [3.8, 4) is 0 Å². The third-order valence-corrected chi connectivity index (χ3v) is 3.67. The Hall–Kier alpha value is -3.08. The lowest BCUT2D eigenvalue weighted by Crippen LogP contribution is -2.28. The first-order chi connectivity index (χ1) is 12.0. The van der Waals surface area contributed by atoms with E-state index in [9.17, 15) is 9.59 Å². The third kappa shape index (κ3) is 5.49. The Balaban J connectivity index is 2.17. The van der Waals surface area contributed by atoms with Crippen molar-refractivity contribution in [1.82, 2.24) is 5.32 Å². The fraction of sp³-hybridized carbons (Fsp3) is 0.200. The quantitative estimate of drug-likeness (QED) is 0.627. The van der Waals surface area contributed by atoms with Crippen molar-refractivity contribution in [2.45, 2.75) is 20.4 Å². The number of hydrogen-bond acceptors (Lipinski definition) is 4. The summed E-state index contributed by atoms with van der Waals surface area (Å²) < 4.78 is 4.65. The maximum absolute atomic E-state index is 12.5. The normalized spacial score (nSPS) is 10.9. The van der Waals surface area contributed by atoms with Gasteiger partial charge in [0.2, 0.25) is 0 Å². The molecule has 0 aliphatic rings. The molecule has 1 amide bonds. The van der Waals surface area contributed by atoms with Gasteiger partial charge in [-0.1, -0.05) is 42.5 Å². The fourth-order valence-electron chi connectivity index (χ4n) is 2.22. The van der Waals surface area contributed by atoms with Gasteiger partial charge in [0.15, 0.2) is 0 Å². The second kappa shape index (κ2) is 8.68. The number of nitrogens with one attached hydrogen (secondary N) is 2. The van der Waals surface area contributed by atoms with Crippen LogP contribution in [-0.4, -0.2) is 19.0 Å². The van der Waals surface area contributed by atoms with E-state index in [0.29, 0.717) is 6.54 Å². The first kappa shape index (κ1) is 18.3. The van der Waals surface area contributed by atoms with Crippen LogP contribution in [0.15, 0.2) is 60.3 Å². The van der Waals surface area contributed by atoms with Crippen LogP contribution >= 0.6 is 0 Å². The van der Waals surface area contributed by atoms with E-state index in [-0.39, 0.29) is 11.6 Å². The zero-order valence-corrected chi connectivity index (χ0v) is 14.6. The Labute approximate surface area is 147 Å². The Bertz CT molecular complexity index is 783. The summed E-state index contributed by atoms with van der Waals surface area (Å²) in [5, 5.41) is 5.84. The lowest BCUT2D eigenvalue weighted by molar-refractivity contribution is -0.135. The molecule has 0 unspecified atom stereocenters. The van der Waals surface area contributed by atoms with Gasteiger partial charge in [-0.25, -0.2) is 4.79 Å². The molecule has 0 bridgehead atoms. The van der Waals surface area contributed by atoms with Crippen molar-refractivity contribution in [2.75, 3.05) is 12.4 Å². The molecule has 25 heavy (non-hydrogen) atoms. The zero-order valence-electron chi connectivity index (χ0n) is 14.6. The summed E-state index contributed by atoms with van der Waals surface area (Å²) >= 11 is 0. The number of aryl methyl sites for hydroxylation is 2. The van der Waals surface area contributed by atoms with Crippen LogP contribution in [0.5, 0.6) is 0 Å². The molecule has 0 aliphatic carbocycles. The molecule has 0 spiro atoms. The van der Waals surface area contributed by atoms with Crippen LogP contribution in [0.3, 0.4) is 0 Å². The molecule has 2 aromatic rings. The second-order valence-electron chi connectivity index (χ2n) is 5.69. The molecule has 0 atom stereocenters. The van der Waals surface area contributed by atoms with Crippen molar-refractivity contribution in [3.63, 3.8) is 0 Å². The van der Waals surface area contributed by atoms with Crippen LogP contribution in [0.1, 0.15) is 16.7 Å². The van der Waals surface area contributed by atoms with E-state index in [0.717, 1.165) is 28.5 Å². The number of carbonyl (C=O) groups is 2. The maximum atomic E-state index is 12.5. The minimum atomic E-state index is -0.595. The number of rotatable bonds is 6. The first-order valence-electron chi connectivity index (χ1n) is 7.95. The molecule has 0 radical (unpaired) electrons. The van der Waals surface area contributed by atoms with Crippen LogP contribution in [0.25, 0.3) is 0 Å². The first-order valence-corrected chi connectivity index (χ1v) is 7.95. The Morgan fingerprint density at radius 3 is 2.48 bits per heavy atom. The van der Waals surface area contributed by atoms with Gasteiger partial charge in [-0.2, -0.15) is 0 Å². The number of benzene rings is 2. The highest BCUT2D eigenvalue weighted by Crippen LogP contribution is 2.18. The van der Waals surface area contributed by atoms with Gasteiger partial charge in [0.25, 0.3) is 5.91 Å². The van der Waals surface area contributed by atoms with Gasteiger partial charge in [-0.05, 0) is 36.6 Å².